The van der Waals surface area contributed by atoms with Crippen molar-refractivity contribution in [2.45, 2.75) is 58.7 Å². The third-order valence-corrected chi connectivity index (χ3v) is 4.32. The Morgan fingerprint density at radius 1 is 1.38 bits per heavy atom. The van der Waals surface area contributed by atoms with Gasteiger partial charge in [0, 0.05) is 20.1 Å². The predicted octanol–water partition coefficient (Wildman–Crippen LogP) is 1.30. The van der Waals surface area contributed by atoms with Crippen molar-refractivity contribution >= 4 is 5.91 Å². The fourth-order valence-corrected chi connectivity index (χ4v) is 2.79. The topological polar surface area (TPSA) is 70.6 Å². The number of carbonyl (C=O) groups is 1. The van der Waals surface area contributed by atoms with Crippen LogP contribution < -0.4 is 10.6 Å². The Bertz CT molecular complexity index is 321. The van der Waals surface area contributed by atoms with E-state index in [2.05, 4.69) is 17.6 Å². The van der Waals surface area contributed by atoms with Crippen molar-refractivity contribution in [3.8, 4) is 0 Å². The summed E-state index contributed by atoms with van der Waals surface area (Å²) in [7, 11) is 1.64. The molecule has 1 fully saturated rings. The fourth-order valence-electron chi connectivity index (χ4n) is 2.79. The number of aliphatic hydroxyl groups is 1. The highest BCUT2D eigenvalue weighted by atomic mass is 16.5. The van der Waals surface area contributed by atoms with E-state index in [9.17, 15) is 9.90 Å². The first-order valence-electron chi connectivity index (χ1n) is 8.09. The van der Waals surface area contributed by atoms with Crippen LogP contribution in [0.5, 0.6) is 0 Å². The van der Waals surface area contributed by atoms with Crippen molar-refractivity contribution in [1.29, 1.82) is 0 Å². The zero-order chi connectivity index (χ0) is 15.9. The Kier molecular flexibility index (Phi) is 7.63. The highest BCUT2D eigenvalue weighted by molar-refractivity contribution is 5.81. The lowest BCUT2D eigenvalue weighted by molar-refractivity contribution is -0.128. The summed E-state index contributed by atoms with van der Waals surface area (Å²) >= 11 is 0. The second kappa shape index (κ2) is 8.71. The lowest BCUT2D eigenvalue weighted by Gasteiger charge is -2.30. The number of ether oxygens (including phenoxy) is 1. The quantitative estimate of drug-likeness (QED) is 0.632. The van der Waals surface area contributed by atoms with Gasteiger partial charge in [0.15, 0.2) is 0 Å². The van der Waals surface area contributed by atoms with Gasteiger partial charge < -0.3 is 20.5 Å². The summed E-state index contributed by atoms with van der Waals surface area (Å²) in [4.78, 5) is 11.6. The number of aliphatic hydroxyl groups excluding tert-OH is 1. The van der Waals surface area contributed by atoms with E-state index in [0.717, 1.165) is 6.42 Å². The van der Waals surface area contributed by atoms with Crippen molar-refractivity contribution < 1.29 is 14.6 Å². The Hall–Kier alpha value is -0.650. The van der Waals surface area contributed by atoms with Crippen molar-refractivity contribution in [2.75, 3.05) is 26.7 Å². The minimum Gasteiger partial charge on any atom is -0.389 e. The highest BCUT2D eigenvalue weighted by Gasteiger charge is 2.26. The van der Waals surface area contributed by atoms with Gasteiger partial charge in [0.25, 0.3) is 0 Å². The molecule has 3 unspecified atom stereocenters. The summed E-state index contributed by atoms with van der Waals surface area (Å²) in [6.45, 7) is 7.32. The fraction of sp³-hybridized carbons (Fsp3) is 0.938. The molecule has 3 atom stereocenters. The molecular weight excluding hydrogens is 268 g/mol. The maximum Gasteiger partial charge on any atom is 0.226 e. The standard InChI is InChI=1S/C16H32N2O3/c1-12-7-5-6-8-14(12)21-10-13(19)9-18-11-16(2,3)15(20)17-4/h12-14,18-19H,5-11H2,1-4H3,(H,17,20). The molecule has 0 aromatic carbocycles. The molecule has 0 spiro atoms. The summed E-state index contributed by atoms with van der Waals surface area (Å²) in [6, 6.07) is 0. The molecule has 1 aliphatic carbocycles. The molecule has 3 N–H and O–H groups in total. The first kappa shape index (κ1) is 18.4. The second-order valence-corrected chi connectivity index (χ2v) is 6.88. The Morgan fingerprint density at radius 3 is 2.67 bits per heavy atom. The molecule has 21 heavy (non-hydrogen) atoms. The lowest BCUT2D eigenvalue weighted by atomic mass is 9.88. The average molecular weight is 300 g/mol. The second-order valence-electron chi connectivity index (χ2n) is 6.88. The smallest absolute Gasteiger partial charge is 0.226 e. The van der Waals surface area contributed by atoms with Crippen molar-refractivity contribution in [1.82, 2.24) is 10.6 Å². The van der Waals surface area contributed by atoms with E-state index in [1.54, 1.807) is 7.05 Å². The summed E-state index contributed by atoms with van der Waals surface area (Å²) in [5.41, 5.74) is -0.479. The molecule has 0 heterocycles. The minimum absolute atomic E-state index is 0.00299. The van der Waals surface area contributed by atoms with Crippen molar-refractivity contribution in [3.63, 3.8) is 0 Å². The van der Waals surface area contributed by atoms with Gasteiger partial charge in [-0.1, -0.05) is 19.8 Å². The van der Waals surface area contributed by atoms with Gasteiger partial charge in [0.2, 0.25) is 5.91 Å². The molecule has 1 rings (SSSR count). The molecule has 0 radical (unpaired) electrons. The van der Waals surface area contributed by atoms with Crippen LogP contribution in [0.3, 0.4) is 0 Å². The van der Waals surface area contributed by atoms with Gasteiger partial charge in [-0.2, -0.15) is 0 Å². The number of hydrogen-bond acceptors (Lipinski definition) is 4. The first-order valence-corrected chi connectivity index (χ1v) is 8.09. The third-order valence-electron chi connectivity index (χ3n) is 4.32. The molecule has 5 heteroatoms. The van der Waals surface area contributed by atoms with E-state index in [1.165, 1.54) is 19.3 Å². The van der Waals surface area contributed by atoms with Crippen LogP contribution in [0.2, 0.25) is 0 Å². The van der Waals surface area contributed by atoms with Crippen molar-refractivity contribution in [3.05, 3.63) is 0 Å². The van der Waals surface area contributed by atoms with E-state index in [-0.39, 0.29) is 12.0 Å². The van der Waals surface area contributed by atoms with Gasteiger partial charge in [0.1, 0.15) is 0 Å². The number of hydrogen-bond donors (Lipinski definition) is 3. The molecule has 1 saturated carbocycles. The Morgan fingerprint density at radius 2 is 2.05 bits per heavy atom. The third kappa shape index (κ3) is 6.32. The van der Waals surface area contributed by atoms with E-state index in [1.807, 2.05) is 13.8 Å². The van der Waals surface area contributed by atoms with Crippen LogP contribution in [0.4, 0.5) is 0 Å². The molecule has 0 saturated heterocycles. The van der Waals surface area contributed by atoms with Gasteiger partial charge in [-0.25, -0.2) is 0 Å². The Balaban J connectivity index is 2.19. The summed E-state index contributed by atoms with van der Waals surface area (Å²) in [6.07, 6.45) is 4.60. The SMILES string of the molecule is CNC(=O)C(C)(C)CNCC(O)COC1CCCCC1C. The predicted molar refractivity (Wildman–Crippen MR) is 84.1 cm³/mol. The Labute approximate surface area is 128 Å². The van der Waals surface area contributed by atoms with Crippen molar-refractivity contribution in [2.24, 2.45) is 11.3 Å². The first-order chi connectivity index (χ1) is 9.86. The number of carbonyl (C=O) groups excluding carboxylic acids is 1. The van der Waals surface area contributed by atoms with Gasteiger partial charge in [-0.05, 0) is 32.6 Å². The summed E-state index contributed by atoms with van der Waals surface area (Å²) < 4.78 is 5.84. The maximum absolute atomic E-state index is 11.6. The van der Waals surface area contributed by atoms with Crippen LogP contribution in [0.15, 0.2) is 0 Å². The number of nitrogens with one attached hydrogen (secondary N) is 2. The summed E-state index contributed by atoms with van der Waals surface area (Å²) in [5.74, 6) is 0.586. The zero-order valence-corrected chi connectivity index (χ0v) is 13.9. The van der Waals surface area contributed by atoms with Crippen LogP contribution in [0, 0.1) is 11.3 Å². The van der Waals surface area contributed by atoms with Crippen LogP contribution >= 0.6 is 0 Å². The molecule has 0 aromatic heterocycles. The van der Waals surface area contributed by atoms with Crippen LogP contribution in [-0.2, 0) is 9.53 Å². The van der Waals surface area contributed by atoms with Crippen LogP contribution in [0.25, 0.3) is 0 Å². The van der Waals surface area contributed by atoms with Gasteiger partial charge in [0.05, 0.1) is 24.2 Å². The largest absolute Gasteiger partial charge is 0.389 e. The van der Waals surface area contributed by atoms with Gasteiger partial charge >= 0.3 is 0 Å². The molecule has 1 amide bonds. The van der Waals surface area contributed by atoms with Crippen LogP contribution in [-0.4, -0.2) is 50.0 Å². The number of rotatable bonds is 8. The molecule has 0 aliphatic heterocycles. The average Bonchev–Trinajstić information content (AvgIpc) is 2.45. The highest BCUT2D eigenvalue weighted by Crippen LogP contribution is 2.26. The minimum atomic E-state index is -0.528. The van der Waals surface area contributed by atoms with Gasteiger partial charge in [-0.15, -0.1) is 0 Å². The van der Waals surface area contributed by atoms with E-state index in [0.29, 0.717) is 25.6 Å². The zero-order valence-electron chi connectivity index (χ0n) is 13.9. The monoisotopic (exact) mass is 300 g/mol. The number of amides is 1. The molecule has 5 nitrogen and oxygen atoms in total. The van der Waals surface area contributed by atoms with Gasteiger partial charge in [-0.3, -0.25) is 4.79 Å². The molecule has 0 bridgehead atoms. The molecule has 0 aromatic rings. The molecular formula is C16H32N2O3. The summed E-state index contributed by atoms with van der Waals surface area (Å²) in [5, 5.41) is 15.8. The molecule has 124 valence electrons. The normalized spacial score (nSPS) is 24.6. The van der Waals surface area contributed by atoms with E-state index >= 15 is 0 Å². The van der Waals surface area contributed by atoms with Crippen LogP contribution in [0.1, 0.15) is 46.5 Å². The lowest BCUT2D eigenvalue weighted by Crippen LogP contribution is -2.44. The molecule has 1 aliphatic rings. The van der Waals surface area contributed by atoms with E-state index in [4.69, 9.17) is 4.74 Å². The maximum atomic E-state index is 11.6. The van der Waals surface area contributed by atoms with E-state index < -0.39 is 11.5 Å².